The van der Waals surface area contributed by atoms with Crippen LogP contribution in [0.25, 0.3) is 22.2 Å². The van der Waals surface area contributed by atoms with Gasteiger partial charge in [0.05, 0.1) is 5.69 Å². The van der Waals surface area contributed by atoms with Gasteiger partial charge in [0.2, 0.25) is 0 Å². The quantitative estimate of drug-likeness (QED) is 0.683. The molecule has 1 heterocycles. The number of hydrogen-bond donors (Lipinski definition) is 1. The first-order valence-corrected chi connectivity index (χ1v) is 6.26. The molecule has 0 saturated heterocycles. The first-order chi connectivity index (χ1) is 9.68. The molecule has 0 aliphatic carbocycles. The fourth-order valence-electron chi connectivity index (χ4n) is 2.41. The number of benzene rings is 2. The number of hydrogen-bond acceptors (Lipinski definition) is 0. The smallest absolute Gasteiger partial charge is 0.273 e. The zero-order valence-corrected chi connectivity index (χ0v) is 10.5. The zero-order valence-electron chi connectivity index (χ0n) is 10.5. The van der Waals surface area contributed by atoms with Crippen molar-refractivity contribution >= 4 is 10.9 Å². The molecule has 102 valence electrons. The molecule has 0 spiro atoms. The van der Waals surface area contributed by atoms with E-state index in [4.69, 9.17) is 0 Å². The van der Waals surface area contributed by atoms with Gasteiger partial charge in [0.15, 0.2) is 6.17 Å². The lowest BCUT2D eigenvalue weighted by molar-refractivity contribution is 0.0506. The van der Waals surface area contributed by atoms with E-state index in [2.05, 4.69) is 4.98 Å². The third kappa shape index (κ3) is 2.07. The topological polar surface area (TPSA) is 15.8 Å². The summed E-state index contributed by atoms with van der Waals surface area (Å²) in [5, 5.41) is 0.499. The standard InChI is InChI=1S/C16H12F3N/c17-14(16(18)19)13-11-8-4-5-9-12(11)20-15(13)10-6-2-1-3-7-10/h1-9,14,16,20H. The van der Waals surface area contributed by atoms with Gasteiger partial charge in [-0.05, 0) is 11.6 Å². The van der Waals surface area contributed by atoms with E-state index in [9.17, 15) is 13.2 Å². The van der Waals surface area contributed by atoms with Crippen molar-refractivity contribution in [1.29, 1.82) is 0 Å². The van der Waals surface area contributed by atoms with Gasteiger partial charge in [-0.1, -0.05) is 48.5 Å². The second kappa shape index (κ2) is 5.04. The van der Waals surface area contributed by atoms with E-state index < -0.39 is 12.6 Å². The average molecular weight is 275 g/mol. The molecular formula is C16H12F3N. The highest BCUT2D eigenvalue weighted by molar-refractivity contribution is 5.91. The Morgan fingerprint density at radius 1 is 0.800 bits per heavy atom. The Bertz CT molecular complexity index is 719. The Kier molecular flexibility index (Phi) is 3.22. The van der Waals surface area contributed by atoms with Crippen LogP contribution in [0.1, 0.15) is 11.7 Å². The molecule has 0 saturated carbocycles. The van der Waals surface area contributed by atoms with E-state index >= 15 is 0 Å². The number of H-pyrrole nitrogens is 1. The number of aromatic amines is 1. The van der Waals surface area contributed by atoms with Crippen LogP contribution in [0.2, 0.25) is 0 Å². The molecule has 20 heavy (non-hydrogen) atoms. The van der Waals surface area contributed by atoms with Gasteiger partial charge in [-0.2, -0.15) is 0 Å². The summed E-state index contributed by atoms with van der Waals surface area (Å²) in [4.78, 5) is 3.04. The molecule has 3 rings (SSSR count). The number of para-hydroxylation sites is 1. The maximum atomic E-state index is 14.0. The minimum Gasteiger partial charge on any atom is -0.354 e. The van der Waals surface area contributed by atoms with Crippen LogP contribution >= 0.6 is 0 Å². The van der Waals surface area contributed by atoms with Crippen molar-refractivity contribution in [1.82, 2.24) is 4.98 Å². The molecule has 0 aliphatic rings. The van der Waals surface area contributed by atoms with Crippen LogP contribution < -0.4 is 0 Å². The first kappa shape index (κ1) is 12.8. The molecular weight excluding hydrogens is 263 g/mol. The lowest BCUT2D eigenvalue weighted by Crippen LogP contribution is -2.04. The predicted molar refractivity (Wildman–Crippen MR) is 73.6 cm³/mol. The van der Waals surface area contributed by atoms with Crippen LogP contribution in [-0.4, -0.2) is 11.4 Å². The van der Waals surface area contributed by atoms with Gasteiger partial charge in [0, 0.05) is 16.5 Å². The Labute approximate surface area is 114 Å². The van der Waals surface area contributed by atoms with Crippen molar-refractivity contribution < 1.29 is 13.2 Å². The highest BCUT2D eigenvalue weighted by Gasteiger charge is 2.28. The van der Waals surface area contributed by atoms with Crippen molar-refractivity contribution in [2.75, 3.05) is 0 Å². The van der Waals surface area contributed by atoms with Crippen molar-refractivity contribution in [2.24, 2.45) is 0 Å². The van der Waals surface area contributed by atoms with Crippen LogP contribution in [-0.2, 0) is 0 Å². The van der Waals surface area contributed by atoms with E-state index in [1.807, 2.05) is 6.07 Å². The number of rotatable bonds is 3. The summed E-state index contributed by atoms with van der Waals surface area (Å²) in [7, 11) is 0. The van der Waals surface area contributed by atoms with Crippen LogP contribution in [0.15, 0.2) is 54.6 Å². The maximum absolute atomic E-state index is 14.0. The van der Waals surface area contributed by atoms with Gasteiger partial charge in [-0.25, -0.2) is 13.2 Å². The highest BCUT2D eigenvalue weighted by Crippen LogP contribution is 2.38. The van der Waals surface area contributed by atoms with Crippen molar-refractivity contribution in [3.8, 4) is 11.3 Å². The van der Waals surface area contributed by atoms with E-state index in [1.165, 1.54) is 0 Å². The predicted octanol–water partition coefficient (Wildman–Crippen LogP) is 5.11. The van der Waals surface area contributed by atoms with Crippen LogP contribution in [0, 0.1) is 0 Å². The summed E-state index contributed by atoms with van der Waals surface area (Å²) in [6.45, 7) is 0. The lowest BCUT2D eigenvalue weighted by atomic mass is 10.0. The highest BCUT2D eigenvalue weighted by atomic mass is 19.3. The monoisotopic (exact) mass is 275 g/mol. The number of halogens is 3. The molecule has 1 unspecified atom stereocenters. The van der Waals surface area contributed by atoms with Crippen molar-refractivity contribution in [3.05, 3.63) is 60.2 Å². The summed E-state index contributed by atoms with van der Waals surface area (Å²) in [6.07, 6.45) is -5.35. The van der Waals surface area contributed by atoms with Crippen LogP contribution in [0.3, 0.4) is 0 Å². The van der Waals surface area contributed by atoms with Gasteiger partial charge in [0.25, 0.3) is 6.43 Å². The van der Waals surface area contributed by atoms with Crippen LogP contribution in [0.4, 0.5) is 13.2 Å². The molecule has 0 fully saturated rings. The molecule has 0 bridgehead atoms. The minimum absolute atomic E-state index is 0.0294. The molecule has 0 aliphatic heterocycles. The molecule has 1 N–H and O–H groups in total. The Morgan fingerprint density at radius 2 is 1.45 bits per heavy atom. The fourth-order valence-corrected chi connectivity index (χ4v) is 2.41. The number of aromatic nitrogens is 1. The van der Waals surface area contributed by atoms with Crippen molar-refractivity contribution in [2.45, 2.75) is 12.6 Å². The Hall–Kier alpha value is -2.23. The summed E-state index contributed by atoms with van der Waals surface area (Å²) in [6, 6.07) is 15.9. The number of nitrogens with one attached hydrogen (secondary N) is 1. The Morgan fingerprint density at radius 3 is 2.15 bits per heavy atom. The summed E-state index contributed by atoms with van der Waals surface area (Å²) < 4.78 is 39.6. The average Bonchev–Trinajstić information content (AvgIpc) is 2.86. The van der Waals surface area contributed by atoms with Gasteiger partial charge in [-0.3, -0.25) is 0 Å². The zero-order chi connectivity index (χ0) is 14.1. The van der Waals surface area contributed by atoms with Crippen molar-refractivity contribution in [3.63, 3.8) is 0 Å². The second-order valence-electron chi connectivity index (χ2n) is 4.56. The van der Waals surface area contributed by atoms with E-state index in [-0.39, 0.29) is 5.56 Å². The Balaban J connectivity index is 2.28. The molecule has 1 atom stereocenters. The van der Waals surface area contributed by atoms with E-state index in [1.54, 1.807) is 48.5 Å². The molecule has 1 aromatic heterocycles. The van der Waals surface area contributed by atoms with Gasteiger partial charge >= 0.3 is 0 Å². The van der Waals surface area contributed by atoms with E-state index in [0.717, 1.165) is 0 Å². The summed E-state index contributed by atoms with van der Waals surface area (Å²) in [5.41, 5.74) is 1.80. The molecule has 0 amide bonds. The number of fused-ring (bicyclic) bond motifs is 1. The summed E-state index contributed by atoms with van der Waals surface area (Å²) >= 11 is 0. The third-order valence-corrected chi connectivity index (χ3v) is 3.31. The third-order valence-electron chi connectivity index (χ3n) is 3.31. The SMILES string of the molecule is FC(F)C(F)c1c(-c2ccccc2)[nH]c2ccccc12. The minimum atomic E-state index is -3.04. The first-order valence-electron chi connectivity index (χ1n) is 6.26. The second-order valence-corrected chi connectivity index (χ2v) is 4.56. The molecule has 3 aromatic rings. The molecule has 4 heteroatoms. The fraction of sp³-hybridized carbons (Fsp3) is 0.125. The van der Waals surface area contributed by atoms with Crippen LogP contribution in [0.5, 0.6) is 0 Å². The van der Waals surface area contributed by atoms with Gasteiger partial charge in [0.1, 0.15) is 0 Å². The van der Waals surface area contributed by atoms with E-state index in [0.29, 0.717) is 22.2 Å². The molecule has 1 nitrogen and oxygen atoms in total. The van der Waals surface area contributed by atoms with Gasteiger partial charge in [-0.15, -0.1) is 0 Å². The normalized spacial score (nSPS) is 13.0. The lowest BCUT2D eigenvalue weighted by Gasteiger charge is -2.09. The number of alkyl halides is 3. The molecule has 2 aromatic carbocycles. The maximum Gasteiger partial charge on any atom is 0.273 e. The molecule has 0 radical (unpaired) electrons. The van der Waals surface area contributed by atoms with Gasteiger partial charge < -0.3 is 4.98 Å². The summed E-state index contributed by atoms with van der Waals surface area (Å²) in [5.74, 6) is 0. The largest absolute Gasteiger partial charge is 0.354 e.